The molecule has 2 N–H and O–H groups in total. The second-order valence-electron chi connectivity index (χ2n) is 4.90. The first kappa shape index (κ1) is 13.9. The van der Waals surface area contributed by atoms with Gasteiger partial charge >= 0.3 is 0 Å². The van der Waals surface area contributed by atoms with E-state index in [9.17, 15) is 0 Å². The van der Waals surface area contributed by atoms with Gasteiger partial charge < -0.3 is 5.73 Å². The van der Waals surface area contributed by atoms with E-state index in [-0.39, 0.29) is 0 Å². The summed E-state index contributed by atoms with van der Waals surface area (Å²) in [4.78, 5) is 0. The molecular weight excluding hydrogens is 270 g/mol. The van der Waals surface area contributed by atoms with E-state index in [2.05, 4.69) is 5.10 Å². The van der Waals surface area contributed by atoms with Gasteiger partial charge in [0, 0.05) is 5.69 Å². The van der Waals surface area contributed by atoms with Crippen LogP contribution in [0.3, 0.4) is 0 Å². The lowest BCUT2D eigenvalue weighted by atomic mass is 10.2. The van der Waals surface area contributed by atoms with E-state index in [0.717, 1.165) is 22.6 Å². The summed E-state index contributed by atoms with van der Waals surface area (Å²) in [5, 5.41) is 6.53. The molecule has 22 heavy (non-hydrogen) atoms. The van der Waals surface area contributed by atoms with Gasteiger partial charge in [0.05, 0.1) is 17.6 Å². The van der Waals surface area contributed by atoms with Crippen molar-refractivity contribution in [3.63, 3.8) is 0 Å². The Balaban J connectivity index is 1.96. The van der Waals surface area contributed by atoms with E-state index in [1.165, 1.54) is 0 Å². The molecule has 0 radical (unpaired) electrons. The molecule has 0 amide bonds. The van der Waals surface area contributed by atoms with Crippen molar-refractivity contribution in [3.8, 4) is 0 Å². The van der Waals surface area contributed by atoms with E-state index < -0.39 is 0 Å². The van der Waals surface area contributed by atoms with Crippen LogP contribution in [0.5, 0.6) is 0 Å². The van der Waals surface area contributed by atoms with Crippen LogP contribution >= 0.6 is 0 Å². The predicted octanol–water partition coefficient (Wildman–Crippen LogP) is 4.44. The molecule has 108 valence electrons. The third-order valence-electron chi connectivity index (χ3n) is 3.23. The first-order valence-corrected chi connectivity index (χ1v) is 7.13. The second-order valence-corrected chi connectivity index (χ2v) is 4.90. The van der Waals surface area contributed by atoms with Gasteiger partial charge in [-0.15, -0.1) is 0 Å². The van der Waals surface area contributed by atoms with E-state index >= 15 is 0 Å². The minimum atomic E-state index is 0.731. The average Bonchev–Trinajstić information content (AvgIpc) is 2.57. The molecule has 0 spiro atoms. The molecule has 3 aromatic rings. The third kappa shape index (κ3) is 3.33. The SMILES string of the molecule is Nc1cccc(C=NN(c2ccccc2)c2ccccc2)c1. The molecule has 0 bridgehead atoms. The van der Waals surface area contributed by atoms with Gasteiger partial charge in [0.25, 0.3) is 0 Å². The fourth-order valence-corrected chi connectivity index (χ4v) is 2.18. The molecule has 0 aliphatic carbocycles. The quantitative estimate of drug-likeness (QED) is 0.438. The Bertz CT molecular complexity index is 712. The summed E-state index contributed by atoms with van der Waals surface area (Å²) in [5.41, 5.74) is 9.53. The average molecular weight is 287 g/mol. The van der Waals surface area contributed by atoms with Crippen molar-refractivity contribution in [2.24, 2.45) is 5.10 Å². The maximum absolute atomic E-state index is 5.81. The smallest absolute Gasteiger partial charge is 0.0652 e. The van der Waals surface area contributed by atoms with Gasteiger partial charge in [-0.3, -0.25) is 0 Å². The highest BCUT2D eigenvalue weighted by atomic mass is 15.5. The lowest BCUT2D eigenvalue weighted by Gasteiger charge is -2.19. The molecule has 3 aromatic carbocycles. The Morgan fingerprint density at radius 1 is 0.727 bits per heavy atom. The summed E-state index contributed by atoms with van der Waals surface area (Å²) in [7, 11) is 0. The van der Waals surface area contributed by atoms with Crippen LogP contribution in [0.15, 0.2) is 90.0 Å². The Morgan fingerprint density at radius 3 is 1.86 bits per heavy atom. The highest BCUT2D eigenvalue weighted by Crippen LogP contribution is 2.25. The van der Waals surface area contributed by atoms with Crippen molar-refractivity contribution in [3.05, 3.63) is 90.5 Å². The van der Waals surface area contributed by atoms with Crippen LogP contribution in [-0.4, -0.2) is 6.21 Å². The number of hydrogen-bond acceptors (Lipinski definition) is 3. The number of hydrazone groups is 1. The number of hydrogen-bond donors (Lipinski definition) is 1. The van der Waals surface area contributed by atoms with E-state index in [4.69, 9.17) is 5.73 Å². The molecule has 3 rings (SSSR count). The zero-order valence-corrected chi connectivity index (χ0v) is 12.1. The fourth-order valence-electron chi connectivity index (χ4n) is 2.18. The summed E-state index contributed by atoms with van der Waals surface area (Å²) in [6, 6.07) is 27.8. The minimum absolute atomic E-state index is 0.731. The summed E-state index contributed by atoms with van der Waals surface area (Å²) in [5.74, 6) is 0. The van der Waals surface area contributed by atoms with Gasteiger partial charge in [0.1, 0.15) is 0 Å². The Morgan fingerprint density at radius 2 is 1.32 bits per heavy atom. The van der Waals surface area contributed by atoms with Crippen LogP contribution in [0, 0.1) is 0 Å². The van der Waals surface area contributed by atoms with Gasteiger partial charge in [-0.25, -0.2) is 5.01 Å². The Kier molecular flexibility index (Phi) is 4.16. The van der Waals surface area contributed by atoms with Crippen molar-refractivity contribution in [2.45, 2.75) is 0 Å². The molecule has 3 heteroatoms. The molecule has 0 aromatic heterocycles. The molecule has 0 aliphatic heterocycles. The third-order valence-corrected chi connectivity index (χ3v) is 3.23. The van der Waals surface area contributed by atoms with Crippen molar-refractivity contribution in [1.82, 2.24) is 0 Å². The highest BCUT2D eigenvalue weighted by molar-refractivity contribution is 5.83. The Labute approximate surface area is 130 Å². The van der Waals surface area contributed by atoms with Crippen LogP contribution in [0.2, 0.25) is 0 Å². The first-order valence-electron chi connectivity index (χ1n) is 7.13. The number of rotatable bonds is 4. The van der Waals surface area contributed by atoms with Gasteiger partial charge in [0.2, 0.25) is 0 Å². The molecule has 0 aliphatic rings. The summed E-state index contributed by atoms with van der Waals surface area (Å²) in [6.45, 7) is 0. The summed E-state index contributed by atoms with van der Waals surface area (Å²) < 4.78 is 0. The molecule has 0 heterocycles. The zero-order chi connectivity index (χ0) is 15.2. The lowest BCUT2D eigenvalue weighted by Crippen LogP contribution is -2.09. The Hall–Kier alpha value is -3.07. The maximum Gasteiger partial charge on any atom is 0.0652 e. The van der Waals surface area contributed by atoms with Crippen molar-refractivity contribution < 1.29 is 0 Å². The van der Waals surface area contributed by atoms with Crippen molar-refractivity contribution in [2.75, 3.05) is 10.7 Å². The second kappa shape index (κ2) is 6.59. The number of nitrogens with two attached hydrogens (primary N) is 1. The molecule has 0 atom stereocenters. The normalized spacial score (nSPS) is 10.7. The van der Waals surface area contributed by atoms with E-state index in [1.54, 1.807) is 0 Å². The summed E-state index contributed by atoms with van der Waals surface area (Å²) in [6.07, 6.45) is 1.82. The number of benzene rings is 3. The first-order chi connectivity index (χ1) is 10.8. The molecule has 0 saturated heterocycles. The molecular formula is C19H17N3. The van der Waals surface area contributed by atoms with Gasteiger partial charge in [-0.05, 0) is 42.0 Å². The minimum Gasteiger partial charge on any atom is -0.399 e. The van der Waals surface area contributed by atoms with Crippen molar-refractivity contribution >= 4 is 23.3 Å². The fraction of sp³-hybridized carbons (Fsp3) is 0. The van der Waals surface area contributed by atoms with Crippen LogP contribution in [-0.2, 0) is 0 Å². The predicted molar refractivity (Wildman–Crippen MR) is 93.5 cm³/mol. The van der Waals surface area contributed by atoms with Crippen LogP contribution < -0.4 is 10.7 Å². The highest BCUT2D eigenvalue weighted by Gasteiger charge is 2.06. The monoisotopic (exact) mass is 287 g/mol. The topological polar surface area (TPSA) is 41.6 Å². The summed E-state index contributed by atoms with van der Waals surface area (Å²) >= 11 is 0. The van der Waals surface area contributed by atoms with Gasteiger partial charge in [0.15, 0.2) is 0 Å². The van der Waals surface area contributed by atoms with Gasteiger partial charge in [-0.2, -0.15) is 5.10 Å². The van der Waals surface area contributed by atoms with E-state index in [1.807, 2.05) is 96.2 Å². The standard InChI is InChI=1S/C19H17N3/c20-17-9-7-8-16(14-17)15-21-22(18-10-3-1-4-11-18)19-12-5-2-6-13-19/h1-15H,20H2. The lowest BCUT2D eigenvalue weighted by molar-refractivity contribution is 1.09. The number of para-hydroxylation sites is 2. The van der Waals surface area contributed by atoms with E-state index in [0.29, 0.717) is 0 Å². The number of nitrogen functional groups attached to an aromatic ring is 1. The van der Waals surface area contributed by atoms with Crippen molar-refractivity contribution in [1.29, 1.82) is 0 Å². The maximum atomic E-state index is 5.81. The largest absolute Gasteiger partial charge is 0.399 e. The van der Waals surface area contributed by atoms with Crippen LogP contribution in [0.4, 0.5) is 17.1 Å². The molecule has 0 unspecified atom stereocenters. The number of nitrogens with zero attached hydrogens (tertiary/aromatic N) is 2. The molecule has 0 saturated carbocycles. The number of anilines is 3. The van der Waals surface area contributed by atoms with Gasteiger partial charge in [-0.1, -0.05) is 48.5 Å². The molecule has 3 nitrogen and oxygen atoms in total. The van der Waals surface area contributed by atoms with Crippen LogP contribution in [0.1, 0.15) is 5.56 Å². The zero-order valence-electron chi connectivity index (χ0n) is 12.1. The van der Waals surface area contributed by atoms with Crippen LogP contribution in [0.25, 0.3) is 0 Å². The molecule has 0 fully saturated rings.